The quantitative estimate of drug-likeness (QED) is 0.583. The Morgan fingerprint density at radius 3 is 2.22 bits per heavy atom. The number of aryl methyl sites for hydroxylation is 2. The first kappa shape index (κ1) is 18.7. The molecule has 0 bridgehead atoms. The van der Waals surface area contributed by atoms with Crippen molar-refractivity contribution in [1.82, 2.24) is 0 Å². The minimum atomic E-state index is -1.05. The van der Waals surface area contributed by atoms with Crippen molar-refractivity contribution in [2.24, 2.45) is 0 Å². The molecular formula is C22H21FO4. The normalized spacial score (nSPS) is 10.7. The lowest BCUT2D eigenvalue weighted by molar-refractivity contribution is 0.0660. The van der Waals surface area contributed by atoms with E-state index in [4.69, 9.17) is 14.3 Å². The summed E-state index contributed by atoms with van der Waals surface area (Å²) in [6, 6.07) is 17.6. The first-order valence-electron chi connectivity index (χ1n) is 8.88. The highest BCUT2D eigenvalue weighted by molar-refractivity contribution is 5.84. The molecule has 0 amide bonds. The van der Waals surface area contributed by atoms with Crippen LogP contribution in [0.1, 0.15) is 33.9 Å². The molecule has 0 aliphatic carbocycles. The van der Waals surface area contributed by atoms with Crippen molar-refractivity contribution in [3.05, 3.63) is 89.1 Å². The summed E-state index contributed by atoms with van der Waals surface area (Å²) in [6.07, 6.45) is 3.17. The van der Waals surface area contributed by atoms with Gasteiger partial charge in [-0.15, -0.1) is 0 Å². The van der Waals surface area contributed by atoms with Gasteiger partial charge in [-0.3, -0.25) is 0 Å². The van der Waals surface area contributed by atoms with Gasteiger partial charge in [-0.2, -0.15) is 0 Å². The summed E-state index contributed by atoms with van der Waals surface area (Å²) in [7, 11) is 0. The molecular weight excluding hydrogens is 347 g/mol. The van der Waals surface area contributed by atoms with Crippen LogP contribution in [0, 0.1) is 5.82 Å². The molecule has 0 saturated carbocycles. The van der Waals surface area contributed by atoms with Crippen LogP contribution in [0.2, 0.25) is 0 Å². The SMILES string of the molecule is O=C(O)c1ccc(CCCc2ccc(OCCc3ccc(F)cc3)cc2)o1. The highest BCUT2D eigenvalue weighted by Gasteiger charge is 2.08. The number of hydrogen-bond donors (Lipinski definition) is 1. The highest BCUT2D eigenvalue weighted by atomic mass is 19.1. The summed E-state index contributed by atoms with van der Waals surface area (Å²) in [6.45, 7) is 0.537. The average molecular weight is 368 g/mol. The van der Waals surface area contributed by atoms with Crippen LogP contribution in [0.5, 0.6) is 5.75 Å². The maximum absolute atomic E-state index is 12.9. The van der Waals surface area contributed by atoms with Crippen molar-refractivity contribution in [3.8, 4) is 5.75 Å². The van der Waals surface area contributed by atoms with E-state index in [0.29, 0.717) is 18.8 Å². The molecule has 0 atom stereocenters. The number of carboxylic acid groups (broad SMARTS) is 1. The first-order valence-corrected chi connectivity index (χ1v) is 8.88. The highest BCUT2D eigenvalue weighted by Crippen LogP contribution is 2.16. The van der Waals surface area contributed by atoms with E-state index in [1.807, 2.05) is 24.3 Å². The fourth-order valence-electron chi connectivity index (χ4n) is 2.78. The molecule has 2 aromatic carbocycles. The largest absolute Gasteiger partial charge is 0.493 e. The zero-order chi connectivity index (χ0) is 19.1. The molecule has 0 spiro atoms. The minimum Gasteiger partial charge on any atom is -0.493 e. The molecule has 27 heavy (non-hydrogen) atoms. The van der Waals surface area contributed by atoms with E-state index >= 15 is 0 Å². The van der Waals surface area contributed by atoms with Crippen molar-refractivity contribution < 1.29 is 23.4 Å². The fourth-order valence-corrected chi connectivity index (χ4v) is 2.78. The molecule has 3 rings (SSSR count). The van der Waals surface area contributed by atoms with Crippen molar-refractivity contribution in [2.75, 3.05) is 6.61 Å². The Morgan fingerprint density at radius 1 is 0.889 bits per heavy atom. The molecule has 140 valence electrons. The minimum absolute atomic E-state index is 0.0212. The third-order valence-corrected chi connectivity index (χ3v) is 4.26. The van der Waals surface area contributed by atoms with Crippen LogP contribution in [-0.2, 0) is 19.3 Å². The molecule has 0 unspecified atom stereocenters. The van der Waals surface area contributed by atoms with Gasteiger partial charge in [0.05, 0.1) is 6.61 Å². The van der Waals surface area contributed by atoms with E-state index in [0.717, 1.165) is 30.6 Å². The molecule has 5 heteroatoms. The Hall–Kier alpha value is -3.08. The second kappa shape index (κ2) is 9.03. The fraction of sp³-hybridized carbons (Fsp3) is 0.227. The summed E-state index contributed by atoms with van der Waals surface area (Å²) in [5.74, 6) is 0.194. The van der Waals surface area contributed by atoms with Crippen molar-refractivity contribution in [2.45, 2.75) is 25.7 Å². The summed E-state index contributed by atoms with van der Waals surface area (Å²) in [5.41, 5.74) is 2.22. The zero-order valence-electron chi connectivity index (χ0n) is 14.9. The topological polar surface area (TPSA) is 59.7 Å². The number of aromatic carboxylic acids is 1. The van der Waals surface area contributed by atoms with Crippen molar-refractivity contribution in [1.29, 1.82) is 0 Å². The van der Waals surface area contributed by atoms with Gasteiger partial charge in [0.2, 0.25) is 5.76 Å². The van der Waals surface area contributed by atoms with Gasteiger partial charge in [-0.1, -0.05) is 24.3 Å². The lowest BCUT2D eigenvalue weighted by Crippen LogP contribution is -2.01. The van der Waals surface area contributed by atoms with Gasteiger partial charge < -0.3 is 14.3 Å². The molecule has 0 aliphatic rings. The van der Waals surface area contributed by atoms with E-state index < -0.39 is 5.97 Å². The van der Waals surface area contributed by atoms with Gasteiger partial charge >= 0.3 is 5.97 Å². The van der Waals surface area contributed by atoms with Crippen LogP contribution < -0.4 is 4.74 Å². The Kier molecular flexibility index (Phi) is 6.26. The van der Waals surface area contributed by atoms with Crippen LogP contribution in [-0.4, -0.2) is 17.7 Å². The lowest BCUT2D eigenvalue weighted by Gasteiger charge is -2.07. The van der Waals surface area contributed by atoms with Gasteiger partial charge in [-0.05, 0) is 60.4 Å². The van der Waals surface area contributed by atoms with E-state index in [1.54, 1.807) is 18.2 Å². The molecule has 0 saturated heterocycles. The van der Waals surface area contributed by atoms with Gasteiger partial charge in [0.15, 0.2) is 0 Å². The molecule has 4 nitrogen and oxygen atoms in total. The van der Waals surface area contributed by atoms with Gasteiger partial charge in [0, 0.05) is 12.8 Å². The Balaban J connectivity index is 1.40. The molecule has 0 radical (unpaired) electrons. The molecule has 1 aromatic heterocycles. The Labute approximate surface area is 157 Å². The molecule has 1 heterocycles. The summed E-state index contributed by atoms with van der Waals surface area (Å²) in [4.78, 5) is 10.8. The number of carboxylic acids is 1. The molecule has 1 N–H and O–H groups in total. The van der Waals surface area contributed by atoms with Crippen LogP contribution >= 0.6 is 0 Å². The smallest absolute Gasteiger partial charge is 0.371 e. The predicted octanol–water partition coefficient (Wildman–Crippen LogP) is 4.91. The summed E-state index contributed by atoms with van der Waals surface area (Å²) < 4.78 is 23.8. The summed E-state index contributed by atoms with van der Waals surface area (Å²) in [5, 5.41) is 8.84. The number of ether oxygens (including phenoxy) is 1. The molecule has 0 aliphatic heterocycles. The summed E-state index contributed by atoms with van der Waals surface area (Å²) >= 11 is 0. The van der Waals surface area contributed by atoms with Crippen LogP contribution in [0.25, 0.3) is 0 Å². The monoisotopic (exact) mass is 368 g/mol. The molecule has 0 fully saturated rings. The number of hydrogen-bond acceptors (Lipinski definition) is 3. The maximum Gasteiger partial charge on any atom is 0.371 e. The van der Waals surface area contributed by atoms with E-state index in [1.165, 1.54) is 23.8 Å². The number of carbonyl (C=O) groups is 1. The number of halogens is 1. The third-order valence-electron chi connectivity index (χ3n) is 4.26. The van der Waals surface area contributed by atoms with E-state index in [2.05, 4.69) is 0 Å². The van der Waals surface area contributed by atoms with Crippen LogP contribution in [0.4, 0.5) is 4.39 Å². The standard InChI is InChI=1S/C22H21FO4/c23-18-8-4-17(5-9-18)14-15-26-19-10-6-16(7-11-19)2-1-3-20-12-13-21(27-20)22(24)25/h4-13H,1-3,14-15H2,(H,24,25). The Morgan fingerprint density at radius 2 is 1.56 bits per heavy atom. The van der Waals surface area contributed by atoms with Crippen LogP contribution in [0.15, 0.2) is 65.1 Å². The van der Waals surface area contributed by atoms with Gasteiger partial charge in [-0.25, -0.2) is 9.18 Å². The van der Waals surface area contributed by atoms with Gasteiger partial charge in [0.1, 0.15) is 17.3 Å². The third kappa shape index (κ3) is 5.71. The van der Waals surface area contributed by atoms with Crippen molar-refractivity contribution >= 4 is 5.97 Å². The van der Waals surface area contributed by atoms with E-state index in [-0.39, 0.29) is 11.6 Å². The average Bonchev–Trinajstić information content (AvgIpc) is 3.14. The lowest BCUT2D eigenvalue weighted by atomic mass is 10.1. The second-order valence-corrected chi connectivity index (χ2v) is 6.29. The first-order chi connectivity index (χ1) is 13.1. The number of rotatable bonds is 9. The molecule has 3 aromatic rings. The zero-order valence-corrected chi connectivity index (χ0v) is 14.9. The number of furan rings is 1. The second-order valence-electron chi connectivity index (χ2n) is 6.29. The maximum atomic E-state index is 12.9. The number of benzene rings is 2. The Bertz CT molecular complexity index is 866. The van der Waals surface area contributed by atoms with Crippen molar-refractivity contribution in [3.63, 3.8) is 0 Å². The van der Waals surface area contributed by atoms with Crippen LogP contribution in [0.3, 0.4) is 0 Å². The van der Waals surface area contributed by atoms with Gasteiger partial charge in [0.25, 0.3) is 0 Å². The predicted molar refractivity (Wildman–Crippen MR) is 99.7 cm³/mol. The van der Waals surface area contributed by atoms with E-state index in [9.17, 15) is 9.18 Å².